The summed E-state index contributed by atoms with van der Waals surface area (Å²) in [5.74, 6) is -0.749. The van der Waals surface area contributed by atoms with E-state index in [9.17, 15) is 18.0 Å². The fourth-order valence-electron chi connectivity index (χ4n) is 2.81. The molecule has 1 amide bonds. The lowest BCUT2D eigenvalue weighted by atomic mass is 10.2. The summed E-state index contributed by atoms with van der Waals surface area (Å²) >= 11 is 12.0. The number of hydrogen-bond acceptors (Lipinski definition) is 6. The summed E-state index contributed by atoms with van der Waals surface area (Å²) in [6.07, 6.45) is 1.37. The van der Waals surface area contributed by atoms with Gasteiger partial charge in [-0.3, -0.25) is 13.9 Å². The Bertz CT molecular complexity index is 1310. The number of esters is 1. The number of nitrogens with one attached hydrogen (secondary N) is 1. The number of benzene rings is 3. The van der Waals surface area contributed by atoms with Crippen LogP contribution in [-0.2, 0) is 19.6 Å². The van der Waals surface area contributed by atoms with E-state index in [1.807, 2.05) is 0 Å². The number of nitrogens with zero attached hydrogens (tertiary/aromatic N) is 2. The second kappa shape index (κ2) is 11.1. The van der Waals surface area contributed by atoms with Crippen molar-refractivity contribution in [3.63, 3.8) is 0 Å². The van der Waals surface area contributed by atoms with Gasteiger partial charge in [-0.05, 0) is 60.2 Å². The molecule has 3 aromatic carbocycles. The van der Waals surface area contributed by atoms with Gasteiger partial charge in [-0.2, -0.15) is 5.10 Å². The molecule has 0 unspecified atom stereocenters. The van der Waals surface area contributed by atoms with E-state index in [0.29, 0.717) is 11.3 Å². The Labute approximate surface area is 206 Å². The maximum Gasteiger partial charge on any atom is 0.308 e. The minimum Gasteiger partial charge on any atom is -0.427 e. The van der Waals surface area contributed by atoms with Crippen LogP contribution in [0.4, 0.5) is 5.69 Å². The van der Waals surface area contributed by atoms with Gasteiger partial charge in [0.15, 0.2) is 0 Å². The van der Waals surface area contributed by atoms with E-state index in [4.69, 9.17) is 27.9 Å². The fraction of sp³-hybridized carbons (Fsp3) is 0.0870. The Morgan fingerprint density at radius 1 is 1.00 bits per heavy atom. The molecule has 34 heavy (non-hydrogen) atoms. The van der Waals surface area contributed by atoms with Crippen molar-refractivity contribution in [2.75, 3.05) is 10.8 Å². The van der Waals surface area contributed by atoms with Crippen molar-refractivity contribution in [2.45, 2.75) is 11.8 Å². The van der Waals surface area contributed by atoms with Crippen LogP contribution in [0.15, 0.2) is 82.8 Å². The summed E-state index contributed by atoms with van der Waals surface area (Å²) in [7, 11) is -4.09. The topological polar surface area (TPSA) is 105 Å². The lowest BCUT2D eigenvalue weighted by molar-refractivity contribution is -0.131. The second-order valence-electron chi connectivity index (χ2n) is 6.88. The Kier molecular flexibility index (Phi) is 8.27. The summed E-state index contributed by atoms with van der Waals surface area (Å²) in [6.45, 7) is 0.738. The number of anilines is 1. The largest absolute Gasteiger partial charge is 0.427 e. The van der Waals surface area contributed by atoms with Gasteiger partial charge >= 0.3 is 5.97 Å². The third-order valence-electron chi connectivity index (χ3n) is 4.35. The molecule has 11 heteroatoms. The number of ether oxygens (including phenoxy) is 1. The normalized spacial score (nSPS) is 11.3. The van der Waals surface area contributed by atoms with Gasteiger partial charge in [0, 0.05) is 6.92 Å². The molecule has 0 bridgehead atoms. The van der Waals surface area contributed by atoms with Gasteiger partial charge in [0.25, 0.3) is 15.9 Å². The number of carbonyl (C=O) groups excluding carboxylic acids is 2. The van der Waals surface area contributed by atoms with E-state index in [0.717, 1.165) is 4.31 Å². The average Bonchev–Trinajstić information content (AvgIpc) is 2.81. The van der Waals surface area contributed by atoms with Crippen LogP contribution in [0.5, 0.6) is 5.75 Å². The third kappa shape index (κ3) is 6.57. The van der Waals surface area contributed by atoms with Crippen molar-refractivity contribution < 1.29 is 22.7 Å². The first-order valence-electron chi connectivity index (χ1n) is 9.80. The summed E-state index contributed by atoms with van der Waals surface area (Å²) in [6, 6.07) is 18.4. The molecule has 3 rings (SSSR count). The van der Waals surface area contributed by atoms with Crippen molar-refractivity contribution >= 4 is 57.0 Å². The molecule has 0 aliphatic rings. The number of hydrazone groups is 1. The van der Waals surface area contributed by atoms with Crippen LogP contribution in [0.1, 0.15) is 12.5 Å². The quantitative estimate of drug-likeness (QED) is 0.207. The Hall–Kier alpha value is -3.40. The zero-order chi connectivity index (χ0) is 24.7. The summed E-state index contributed by atoms with van der Waals surface area (Å²) in [4.78, 5) is 23.6. The Balaban J connectivity index is 1.78. The fourth-order valence-corrected chi connectivity index (χ4v) is 4.53. The molecule has 3 aromatic rings. The zero-order valence-electron chi connectivity index (χ0n) is 17.8. The van der Waals surface area contributed by atoms with Crippen LogP contribution in [0.3, 0.4) is 0 Å². The Morgan fingerprint density at radius 3 is 2.29 bits per heavy atom. The SMILES string of the molecule is CC(=O)Oc1ccc(/C=N/NC(=O)CN(c2ccc(Cl)c(Cl)c2)S(=O)(=O)c2ccccc2)cc1. The van der Waals surface area contributed by atoms with Crippen molar-refractivity contribution in [1.29, 1.82) is 0 Å². The molecule has 0 aliphatic carbocycles. The lowest BCUT2D eigenvalue weighted by Gasteiger charge is -2.24. The zero-order valence-corrected chi connectivity index (χ0v) is 20.1. The number of amides is 1. The number of rotatable bonds is 8. The molecule has 0 aromatic heterocycles. The first kappa shape index (κ1) is 25.2. The monoisotopic (exact) mass is 519 g/mol. The van der Waals surface area contributed by atoms with E-state index < -0.39 is 28.4 Å². The van der Waals surface area contributed by atoms with E-state index in [1.54, 1.807) is 42.5 Å². The first-order chi connectivity index (χ1) is 16.2. The number of hydrogen-bond donors (Lipinski definition) is 1. The van der Waals surface area contributed by atoms with E-state index in [1.165, 1.54) is 43.5 Å². The molecular formula is C23H19Cl2N3O5S. The Morgan fingerprint density at radius 2 is 1.68 bits per heavy atom. The van der Waals surface area contributed by atoms with Crippen molar-refractivity contribution in [3.8, 4) is 5.75 Å². The van der Waals surface area contributed by atoms with Crippen LogP contribution < -0.4 is 14.5 Å². The van der Waals surface area contributed by atoms with Crippen LogP contribution >= 0.6 is 23.2 Å². The molecular weight excluding hydrogens is 501 g/mol. The molecule has 0 saturated carbocycles. The maximum atomic E-state index is 13.3. The predicted molar refractivity (Wildman–Crippen MR) is 131 cm³/mol. The molecule has 1 N–H and O–H groups in total. The van der Waals surface area contributed by atoms with E-state index in [-0.39, 0.29) is 20.6 Å². The first-order valence-corrected chi connectivity index (χ1v) is 12.0. The highest BCUT2D eigenvalue weighted by molar-refractivity contribution is 7.92. The van der Waals surface area contributed by atoms with Crippen LogP contribution in [-0.4, -0.2) is 33.1 Å². The van der Waals surface area contributed by atoms with Gasteiger partial charge in [0.05, 0.1) is 26.8 Å². The lowest BCUT2D eigenvalue weighted by Crippen LogP contribution is -2.39. The molecule has 0 atom stereocenters. The van der Waals surface area contributed by atoms with Gasteiger partial charge < -0.3 is 4.74 Å². The van der Waals surface area contributed by atoms with E-state index in [2.05, 4.69) is 10.5 Å². The van der Waals surface area contributed by atoms with Gasteiger partial charge in [-0.25, -0.2) is 13.8 Å². The molecule has 0 saturated heterocycles. The van der Waals surface area contributed by atoms with Crippen LogP contribution in [0, 0.1) is 0 Å². The second-order valence-corrected chi connectivity index (χ2v) is 9.56. The minimum atomic E-state index is -4.09. The predicted octanol–water partition coefficient (Wildman–Crippen LogP) is 4.26. The van der Waals surface area contributed by atoms with Crippen molar-refractivity contribution in [1.82, 2.24) is 5.43 Å². The molecule has 0 heterocycles. The molecule has 0 radical (unpaired) electrons. The number of carbonyl (C=O) groups is 2. The maximum absolute atomic E-state index is 13.3. The van der Waals surface area contributed by atoms with Crippen LogP contribution in [0.2, 0.25) is 10.0 Å². The minimum absolute atomic E-state index is 0.00485. The summed E-state index contributed by atoms with van der Waals surface area (Å²) in [5, 5.41) is 4.25. The molecule has 0 aliphatic heterocycles. The molecule has 0 spiro atoms. The van der Waals surface area contributed by atoms with Gasteiger partial charge in [0.1, 0.15) is 12.3 Å². The molecule has 0 fully saturated rings. The van der Waals surface area contributed by atoms with Crippen molar-refractivity contribution in [3.05, 3.63) is 88.4 Å². The number of halogens is 2. The smallest absolute Gasteiger partial charge is 0.308 e. The molecule has 8 nitrogen and oxygen atoms in total. The molecule has 176 valence electrons. The summed E-state index contributed by atoms with van der Waals surface area (Å²) in [5.41, 5.74) is 3.09. The van der Waals surface area contributed by atoms with Crippen molar-refractivity contribution in [2.24, 2.45) is 5.10 Å². The number of sulfonamides is 1. The standard InChI is InChI=1S/C23H19Cl2N3O5S/c1-16(29)33-19-10-7-17(8-11-19)14-26-27-23(30)15-28(18-9-12-21(24)22(25)13-18)34(31,32)20-5-3-2-4-6-20/h2-14H,15H2,1H3,(H,27,30)/b26-14+. The van der Waals surface area contributed by atoms with Gasteiger partial charge in [-0.1, -0.05) is 41.4 Å². The highest BCUT2D eigenvalue weighted by atomic mass is 35.5. The van der Waals surface area contributed by atoms with Gasteiger partial charge in [-0.15, -0.1) is 0 Å². The van der Waals surface area contributed by atoms with E-state index >= 15 is 0 Å². The highest BCUT2D eigenvalue weighted by Gasteiger charge is 2.27. The third-order valence-corrected chi connectivity index (χ3v) is 6.88. The summed E-state index contributed by atoms with van der Waals surface area (Å²) < 4.78 is 32.4. The van der Waals surface area contributed by atoms with Gasteiger partial charge in [0.2, 0.25) is 0 Å². The average molecular weight is 520 g/mol. The van der Waals surface area contributed by atoms with Crippen LogP contribution in [0.25, 0.3) is 0 Å². The highest BCUT2D eigenvalue weighted by Crippen LogP contribution is 2.30.